The summed E-state index contributed by atoms with van der Waals surface area (Å²) in [5, 5.41) is 2.54. The summed E-state index contributed by atoms with van der Waals surface area (Å²) in [6.45, 7) is 1.29. The Labute approximate surface area is 207 Å². The molecular weight excluding hydrogens is 466 g/mol. The van der Waals surface area contributed by atoms with Gasteiger partial charge in [0.1, 0.15) is 5.82 Å². The molecule has 2 aromatic carbocycles. The van der Waals surface area contributed by atoms with Crippen LogP contribution in [0.4, 0.5) is 0 Å². The molecule has 0 saturated carbocycles. The summed E-state index contributed by atoms with van der Waals surface area (Å²) >= 11 is 1.71. The molecule has 4 aromatic rings. The number of rotatable bonds is 7. The average Bonchev–Trinajstić information content (AvgIpc) is 3.41. The predicted molar refractivity (Wildman–Crippen MR) is 135 cm³/mol. The fourth-order valence-electron chi connectivity index (χ4n) is 4.73. The molecule has 0 saturated heterocycles. The number of benzene rings is 2. The van der Waals surface area contributed by atoms with E-state index in [0.29, 0.717) is 40.5 Å². The number of fused-ring (bicyclic) bond motifs is 2. The zero-order valence-electron chi connectivity index (χ0n) is 20.1. The molecule has 0 spiro atoms. The highest BCUT2D eigenvalue weighted by Gasteiger charge is 2.31. The lowest BCUT2D eigenvalue weighted by Gasteiger charge is -2.37. The minimum atomic E-state index is -0.206. The van der Waals surface area contributed by atoms with Crippen molar-refractivity contribution in [1.82, 2.24) is 14.9 Å². The number of aromatic nitrogens is 2. The molecule has 182 valence electrons. The normalized spacial score (nSPS) is 15.6. The van der Waals surface area contributed by atoms with Crippen molar-refractivity contribution < 1.29 is 18.9 Å². The first-order chi connectivity index (χ1) is 17.1. The van der Waals surface area contributed by atoms with E-state index in [-0.39, 0.29) is 11.6 Å². The number of thiophene rings is 1. The molecule has 0 fully saturated rings. The van der Waals surface area contributed by atoms with Crippen LogP contribution in [0.25, 0.3) is 10.9 Å². The van der Waals surface area contributed by atoms with E-state index in [1.165, 1.54) is 16.0 Å². The van der Waals surface area contributed by atoms with Crippen LogP contribution >= 0.6 is 11.3 Å². The van der Waals surface area contributed by atoms with Gasteiger partial charge in [-0.05, 0) is 47.2 Å². The Balaban J connectivity index is 1.56. The number of nitrogens with one attached hydrogen (secondary N) is 1. The molecule has 1 atom stereocenters. The lowest BCUT2D eigenvalue weighted by Crippen LogP contribution is -2.36. The fourth-order valence-corrected chi connectivity index (χ4v) is 5.61. The van der Waals surface area contributed by atoms with Gasteiger partial charge in [-0.15, -0.1) is 11.3 Å². The van der Waals surface area contributed by atoms with Gasteiger partial charge in [-0.25, -0.2) is 4.98 Å². The zero-order valence-corrected chi connectivity index (χ0v) is 20.9. The fraction of sp³-hybridized carbons (Fsp3) is 0.308. The average molecular weight is 494 g/mol. The number of ether oxygens (including phenoxy) is 4. The standard InChI is InChI=1S/C26H27N3O5S/c1-31-19-10-15-7-8-29(25(23-6-5-9-35-23)16(15)11-20(19)32-2)14-24-27-18-13-22(34-4)21(33-3)12-17(18)26(30)28-24/h5-6,9-13,25H,7-8,14H2,1-4H3,(H,27,28,30). The summed E-state index contributed by atoms with van der Waals surface area (Å²) in [7, 11) is 6.42. The first kappa shape index (κ1) is 23.2. The maximum Gasteiger partial charge on any atom is 0.258 e. The lowest BCUT2D eigenvalue weighted by atomic mass is 9.91. The van der Waals surface area contributed by atoms with E-state index in [4.69, 9.17) is 23.9 Å². The number of hydrogen-bond acceptors (Lipinski definition) is 8. The highest BCUT2D eigenvalue weighted by Crippen LogP contribution is 2.42. The van der Waals surface area contributed by atoms with Crippen LogP contribution in [-0.4, -0.2) is 49.9 Å². The van der Waals surface area contributed by atoms with E-state index in [1.54, 1.807) is 51.9 Å². The number of aromatic amines is 1. The molecule has 0 bridgehead atoms. The molecule has 2 aromatic heterocycles. The molecule has 0 amide bonds. The molecule has 5 rings (SSSR count). The maximum atomic E-state index is 12.9. The second kappa shape index (κ2) is 9.59. The van der Waals surface area contributed by atoms with Gasteiger partial charge < -0.3 is 23.9 Å². The SMILES string of the molecule is COc1cc2c(cc1OC)C(c1cccs1)N(Cc1nc3cc(OC)c(OC)cc3c(=O)[nH]1)CC2. The second-order valence-electron chi connectivity index (χ2n) is 8.28. The van der Waals surface area contributed by atoms with Gasteiger partial charge in [0.05, 0.1) is 51.9 Å². The quantitative estimate of drug-likeness (QED) is 0.414. The molecule has 1 unspecified atom stereocenters. The Morgan fingerprint density at radius 3 is 2.37 bits per heavy atom. The van der Waals surface area contributed by atoms with E-state index in [9.17, 15) is 4.79 Å². The molecule has 0 radical (unpaired) electrons. The first-order valence-electron chi connectivity index (χ1n) is 11.2. The van der Waals surface area contributed by atoms with Gasteiger partial charge in [0.25, 0.3) is 5.56 Å². The first-order valence-corrected chi connectivity index (χ1v) is 12.1. The van der Waals surface area contributed by atoms with Crippen LogP contribution in [0, 0.1) is 0 Å². The van der Waals surface area contributed by atoms with E-state index >= 15 is 0 Å². The molecule has 1 aliphatic heterocycles. The molecule has 3 heterocycles. The summed E-state index contributed by atoms with van der Waals surface area (Å²) < 4.78 is 21.9. The largest absolute Gasteiger partial charge is 0.493 e. The van der Waals surface area contributed by atoms with Crippen molar-refractivity contribution >= 4 is 22.2 Å². The second-order valence-corrected chi connectivity index (χ2v) is 9.26. The number of methoxy groups -OCH3 is 4. The Morgan fingerprint density at radius 1 is 1.00 bits per heavy atom. The third-order valence-electron chi connectivity index (χ3n) is 6.40. The maximum absolute atomic E-state index is 12.9. The van der Waals surface area contributed by atoms with E-state index in [1.807, 2.05) is 0 Å². The van der Waals surface area contributed by atoms with Gasteiger partial charge in [0.2, 0.25) is 0 Å². The highest BCUT2D eigenvalue weighted by molar-refractivity contribution is 7.10. The summed E-state index contributed by atoms with van der Waals surface area (Å²) in [6, 6.07) is 11.7. The van der Waals surface area contributed by atoms with Crippen LogP contribution in [-0.2, 0) is 13.0 Å². The van der Waals surface area contributed by atoms with Crippen molar-refractivity contribution in [3.8, 4) is 23.0 Å². The summed E-state index contributed by atoms with van der Waals surface area (Å²) in [4.78, 5) is 24.2. The molecule has 8 nitrogen and oxygen atoms in total. The van der Waals surface area contributed by atoms with Gasteiger partial charge in [0, 0.05) is 17.5 Å². The summed E-state index contributed by atoms with van der Waals surface area (Å²) in [5.74, 6) is 3.06. The molecule has 0 aliphatic carbocycles. The molecular formula is C26H27N3O5S. The highest BCUT2D eigenvalue weighted by atomic mass is 32.1. The van der Waals surface area contributed by atoms with Crippen LogP contribution in [0.2, 0.25) is 0 Å². The van der Waals surface area contributed by atoms with Gasteiger partial charge in [0.15, 0.2) is 23.0 Å². The number of nitrogens with zero attached hydrogens (tertiary/aromatic N) is 2. The number of hydrogen-bond donors (Lipinski definition) is 1. The van der Waals surface area contributed by atoms with E-state index < -0.39 is 0 Å². The van der Waals surface area contributed by atoms with Crippen molar-refractivity contribution in [3.05, 3.63) is 74.0 Å². The molecule has 35 heavy (non-hydrogen) atoms. The smallest absolute Gasteiger partial charge is 0.258 e. The van der Waals surface area contributed by atoms with Crippen molar-refractivity contribution in [2.75, 3.05) is 35.0 Å². The topological polar surface area (TPSA) is 85.9 Å². The van der Waals surface area contributed by atoms with Gasteiger partial charge in [-0.2, -0.15) is 0 Å². The molecule has 1 aliphatic rings. The number of H-pyrrole nitrogens is 1. The van der Waals surface area contributed by atoms with Crippen molar-refractivity contribution in [3.63, 3.8) is 0 Å². The van der Waals surface area contributed by atoms with Crippen molar-refractivity contribution in [2.24, 2.45) is 0 Å². The molecule has 9 heteroatoms. The zero-order chi connectivity index (χ0) is 24.5. The monoisotopic (exact) mass is 493 g/mol. The van der Waals surface area contributed by atoms with Crippen LogP contribution in [0.1, 0.15) is 27.9 Å². The Kier molecular flexibility index (Phi) is 6.36. The predicted octanol–water partition coefficient (Wildman–Crippen LogP) is 4.17. The van der Waals surface area contributed by atoms with Crippen LogP contribution < -0.4 is 24.5 Å². The lowest BCUT2D eigenvalue weighted by molar-refractivity contribution is 0.201. The van der Waals surface area contributed by atoms with Crippen molar-refractivity contribution in [1.29, 1.82) is 0 Å². The Morgan fingerprint density at radius 2 is 1.69 bits per heavy atom. The Bertz CT molecular complexity index is 1420. The molecule has 1 N–H and O–H groups in total. The minimum absolute atomic E-state index is 0.00459. The van der Waals surface area contributed by atoms with Gasteiger partial charge in [-0.3, -0.25) is 9.69 Å². The Hall–Kier alpha value is -3.56. The summed E-state index contributed by atoms with van der Waals surface area (Å²) in [5.41, 5.74) is 2.76. The van der Waals surface area contributed by atoms with Crippen LogP contribution in [0.15, 0.2) is 46.6 Å². The third-order valence-corrected chi connectivity index (χ3v) is 7.32. The summed E-state index contributed by atoms with van der Waals surface area (Å²) in [6.07, 6.45) is 0.848. The van der Waals surface area contributed by atoms with Crippen LogP contribution in [0.5, 0.6) is 23.0 Å². The van der Waals surface area contributed by atoms with E-state index in [0.717, 1.165) is 18.7 Å². The van der Waals surface area contributed by atoms with Gasteiger partial charge >= 0.3 is 0 Å². The third kappa shape index (κ3) is 4.21. The van der Waals surface area contributed by atoms with Gasteiger partial charge in [-0.1, -0.05) is 6.07 Å². The minimum Gasteiger partial charge on any atom is -0.493 e. The van der Waals surface area contributed by atoms with E-state index in [2.05, 4.69) is 39.5 Å². The van der Waals surface area contributed by atoms with Crippen molar-refractivity contribution in [2.45, 2.75) is 19.0 Å². The van der Waals surface area contributed by atoms with Crippen LogP contribution in [0.3, 0.4) is 0 Å².